The van der Waals surface area contributed by atoms with Crippen LogP contribution in [0.15, 0.2) is 48.5 Å². The van der Waals surface area contributed by atoms with Gasteiger partial charge in [0.1, 0.15) is 11.6 Å². The molecule has 0 unspecified atom stereocenters. The number of ether oxygens (including phenoxy) is 1. The summed E-state index contributed by atoms with van der Waals surface area (Å²) >= 11 is 5.88. The first-order valence-corrected chi connectivity index (χ1v) is 5.71. The molecular weight excluding hydrogens is 255 g/mol. The fourth-order valence-electron chi connectivity index (χ4n) is 1.45. The van der Waals surface area contributed by atoms with Gasteiger partial charge in [0.2, 0.25) is 0 Å². The molecule has 2 aromatic rings. The van der Waals surface area contributed by atoms with Crippen molar-refractivity contribution in [3.63, 3.8) is 0 Å². The van der Waals surface area contributed by atoms with Gasteiger partial charge < -0.3 is 4.74 Å². The normalized spacial score (nSPS) is 10.1. The van der Waals surface area contributed by atoms with Gasteiger partial charge in [0.25, 0.3) is 0 Å². The van der Waals surface area contributed by atoms with E-state index in [4.69, 9.17) is 16.3 Å². The molecule has 0 aromatic heterocycles. The van der Waals surface area contributed by atoms with Gasteiger partial charge in [0, 0.05) is 5.56 Å². The van der Waals surface area contributed by atoms with Gasteiger partial charge in [-0.15, -0.1) is 0 Å². The maximum atomic E-state index is 12.9. The summed E-state index contributed by atoms with van der Waals surface area (Å²) in [6.45, 7) is -0.173. The third-order valence-electron chi connectivity index (χ3n) is 2.34. The lowest BCUT2D eigenvalue weighted by Gasteiger charge is -2.07. The van der Waals surface area contributed by atoms with Gasteiger partial charge in [-0.05, 0) is 24.3 Å². The molecule has 18 heavy (non-hydrogen) atoms. The minimum Gasteiger partial charge on any atom is -0.484 e. The number of rotatable bonds is 4. The molecule has 0 radical (unpaired) electrons. The van der Waals surface area contributed by atoms with E-state index in [2.05, 4.69) is 0 Å². The van der Waals surface area contributed by atoms with Crippen LogP contribution in [-0.2, 0) is 0 Å². The largest absolute Gasteiger partial charge is 0.484 e. The number of benzene rings is 2. The molecule has 0 N–H and O–H groups in total. The van der Waals surface area contributed by atoms with Gasteiger partial charge in [0.05, 0.1) is 5.02 Å². The lowest BCUT2D eigenvalue weighted by Crippen LogP contribution is -2.11. The smallest absolute Gasteiger partial charge is 0.200 e. The highest BCUT2D eigenvalue weighted by atomic mass is 35.5. The number of halogens is 2. The summed E-state index contributed by atoms with van der Waals surface area (Å²) in [6, 6.07) is 12.4. The molecule has 0 saturated carbocycles. The predicted molar refractivity (Wildman–Crippen MR) is 67.7 cm³/mol. The van der Waals surface area contributed by atoms with E-state index in [0.717, 1.165) is 0 Å². The van der Waals surface area contributed by atoms with Crippen molar-refractivity contribution in [3.8, 4) is 5.75 Å². The molecule has 0 amide bonds. The SMILES string of the molecule is O=C(COc1ccccc1Cl)c1cccc(F)c1. The van der Waals surface area contributed by atoms with Crippen molar-refractivity contribution in [2.45, 2.75) is 0 Å². The zero-order valence-electron chi connectivity index (χ0n) is 9.40. The van der Waals surface area contributed by atoms with Crippen molar-refractivity contribution >= 4 is 17.4 Å². The Balaban J connectivity index is 2.03. The average Bonchev–Trinajstić information content (AvgIpc) is 2.37. The molecule has 0 saturated heterocycles. The molecule has 2 nitrogen and oxygen atoms in total. The van der Waals surface area contributed by atoms with Crippen molar-refractivity contribution in [1.29, 1.82) is 0 Å². The van der Waals surface area contributed by atoms with Gasteiger partial charge in [0.15, 0.2) is 12.4 Å². The van der Waals surface area contributed by atoms with Crippen molar-refractivity contribution in [3.05, 3.63) is 64.9 Å². The molecule has 0 aliphatic carbocycles. The van der Waals surface area contributed by atoms with Crippen LogP contribution in [0.25, 0.3) is 0 Å². The highest BCUT2D eigenvalue weighted by Gasteiger charge is 2.08. The number of ketones is 1. The summed E-state index contributed by atoms with van der Waals surface area (Å²) < 4.78 is 18.2. The minimum atomic E-state index is -0.446. The standard InChI is InChI=1S/C14H10ClFO2/c15-12-6-1-2-7-14(12)18-9-13(17)10-4-3-5-11(16)8-10/h1-8H,9H2. The second-order valence-corrected chi connectivity index (χ2v) is 4.06. The summed E-state index contributed by atoms with van der Waals surface area (Å²) in [6.07, 6.45) is 0. The minimum absolute atomic E-state index is 0.173. The zero-order valence-corrected chi connectivity index (χ0v) is 10.2. The molecule has 0 bridgehead atoms. The van der Waals surface area contributed by atoms with Crippen LogP contribution in [0.5, 0.6) is 5.75 Å². The van der Waals surface area contributed by atoms with Crippen LogP contribution in [0.4, 0.5) is 4.39 Å². The Morgan fingerprint density at radius 1 is 1.17 bits per heavy atom. The van der Waals surface area contributed by atoms with Crippen molar-refractivity contribution in [2.75, 3.05) is 6.61 Å². The highest BCUT2D eigenvalue weighted by molar-refractivity contribution is 6.32. The molecule has 0 spiro atoms. The van der Waals surface area contributed by atoms with Crippen molar-refractivity contribution in [1.82, 2.24) is 0 Å². The van der Waals surface area contributed by atoms with E-state index < -0.39 is 5.82 Å². The molecule has 0 aliphatic rings. The predicted octanol–water partition coefficient (Wildman–Crippen LogP) is 3.74. The Morgan fingerprint density at radius 3 is 2.67 bits per heavy atom. The van der Waals surface area contributed by atoms with E-state index in [1.165, 1.54) is 18.2 Å². The molecule has 0 aliphatic heterocycles. The van der Waals surface area contributed by atoms with Gasteiger partial charge in [-0.25, -0.2) is 4.39 Å². The molecule has 2 rings (SSSR count). The first-order valence-electron chi connectivity index (χ1n) is 5.33. The topological polar surface area (TPSA) is 26.3 Å². The van der Waals surface area contributed by atoms with E-state index >= 15 is 0 Å². The number of hydrogen-bond donors (Lipinski definition) is 0. The molecule has 2 aromatic carbocycles. The van der Waals surface area contributed by atoms with Crippen LogP contribution >= 0.6 is 11.6 Å². The number of para-hydroxylation sites is 1. The molecule has 0 fully saturated rings. The maximum absolute atomic E-state index is 12.9. The van der Waals surface area contributed by atoms with E-state index in [1.54, 1.807) is 30.3 Å². The fraction of sp³-hybridized carbons (Fsp3) is 0.0714. The van der Waals surface area contributed by atoms with E-state index in [-0.39, 0.29) is 18.0 Å². The van der Waals surface area contributed by atoms with Crippen LogP contribution in [0.3, 0.4) is 0 Å². The second kappa shape index (κ2) is 5.65. The van der Waals surface area contributed by atoms with Gasteiger partial charge in [-0.3, -0.25) is 4.79 Å². The number of carbonyl (C=O) groups excluding carboxylic acids is 1. The average molecular weight is 265 g/mol. The third kappa shape index (κ3) is 3.08. The Labute approximate surface area is 109 Å². The van der Waals surface area contributed by atoms with E-state index in [9.17, 15) is 9.18 Å². The quantitative estimate of drug-likeness (QED) is 0.787. The van der Waals surface area contributed by atoms with E-state index in [0.29, 0.717) is 10.8 Å². The second-order valence-electron chi connectivity index (χ2n) is 3.65. The summed E-state index contributed by atoms with van der Waals surface area (Å²) in [7, 11) is 0. The Hall–Kier alpha value is -1.87. The third-order valence-corrected chi connectivity index (χ3v) is 2.65. The molecule has 92 valence electrons. The van der Waals surface area contributed by atoms with Crippen molar-refractivity contribution < 1.29 is 13.9 Å². The first-order chi connectivity index (χ1) is 8.66. The van der Waals surface area contributed by atoms with Gasteiger partial charge in [-0.2, -0.15) is 0 Å². The Kier molecular flexibility index (Phi) is 3.95. The first kappa shape index (κ1) is 12.6. The summed E-state index contributed by atoms with van der Waals surface area (Å²) in [5.74, 6) is -0.308. The van der Waals surface area contributed by atoms with Crippen LogP contribution in [-0.4, -0.2) is 12.4 Å². The van der Waals surface area contributed by atoms with Crippen LogP contribution in [0.2, 0.25) is 5.02 Å². The lowest BCUT2D eigenvalue weighted by molar-refractivity contribution is 0.0921. The van der Waals surface area contributed by atoms with E-state index in [1.807, 2.05) is 0 Å². The van der Waals surface area contributed by atoms with Crippen LogP contribution in [0, 0.1) is 5.82 Å². The monoisotopic (exact) mass is 264 g/mol. The van der Waals surface area contributed by atoms with Crippen LogP contribution in [0.1, 0.15) is 10.4 Å². The molecular formula is C14H10ClFO2. The van der Waals surface area contributed by atoms with Gasteiger partial charge in [-0.1, -0.05) is 35.9 Å². The number of hydrogen-bond acceptors (Lipinski definition) is 2. The number of carbonyl (C=O) groups is 1. The molecule has 0 heterocycles. The zero-order chi connectivity index (χ0) is 13.0. The lowest BCUT2D eigenvalue weighted by atomic mass is 10.1. The highest BCUT2D eigenvalue weighted by Crippen LogP contribution is 2.23. The summed E-state index contributed by atoms with van der Waals surface area (Å²) in [5, 5.41) is 0.435. The molecule has 0 atom stereocenters. The Bertz CT molecular complexity index is 569. The summed E-state index contributed by atoms with van der Waals surface area (Å²) in [5.41, 5.74) is 0.280. The van der Waals surface area contributed by atoms with Gasteiger partial charge >= 0.3 is 0 Å². The van der Waals surface area contributed by atoms with Crippen LogP contribution < -0.4 is 4.74 Å². The Morgan fingerprint density at radius 2 is 1.94 bits per heavy atom. The maximum Gasteiger partial charge on any atom is 0.200 e. The molecule has 4 heteroatoms. The fourth-order valence-corrected chi connectivity index (χ4v) is 1.64. The summed E-state index contributed by atoms with van der Waals surface area (Å²) in [4.78, 5) is 11.7. The van der Waals surface area contributed by atoms with Crippen molar-refractivity contribution in [2.24, 2.45) is 0 Å². The number of Topliss-reactive ketones (excluding diaryl/α,β-unsaturated/α-hetero) is 1.